The average Bonchev–Trinajstić information content (AvgIpc) is 2.81. The molecular weight excluding hydrogens is 546 g/mol. The minimum absolute atomic E-state index is 0.111. The van der Waals surface area contributed by atoms with Gasteiger partial charge in [-0.15, -0.1) is 0 Å². The van der Waals surface area contributed by atoms with Gasteiger partial charge in [0.25, 0.3) is 0 Å². The fourth-order valence-corrected chi connectivity index (χ4v) is 9.68. The van der Waals surface area contributed by atoms with Crippen LogP contribution in [-0.4, -0.2) is 76.3 Å². The number of carbonyl (C=O) groups is 4. The van der Waals surface area contributed by atoms with Gasteiger partial charge in [0.1, 0.15) is 0 Å². The number of amides is 2. The number of carbonyl (C=O) groups excluding carboxylic acids is 4. The van der Waals surface area contributed by atoms with Gasteiger partial charge in [-0.05, 0) is 0 Å². The van der Waals surface area contributed by atoms with Crippen LogP contribution in [0, 0.1) is 0 Å². The van der Waals surface area contributed by atoms with Gasteiger partial charge in [-0.2, -0.15) is 0 Å². The number of hydrogen-bond acceptors (Lipinski definition) is 6. The topological polar surface area (TPSA) is 111 Å². The number of benzene rings is 2. The summed E-state index contributed by atoms with van der Waals surface area (Å²) >= 11 is -0.223. The molecule has 0 fully saturated rings. The maximum absolute atomic E-state index is 12.7. The van der Waals surface area contributed by atoms with E-state index in [9.17, 15) is 19.2 Å². The van der Waals surface area contributed by atoms with Crippen molar-refractivity contribution < 1.29 is 28.7 Å². The van der Waals surface area contributed by atoms with E-state index < -0.39 is 24.0 Å². The molecule has 170 valence electrons. The number of ether oxygens (including phenoxy) is 2. The fourth-order valence-electron chi connectivity index (χ4n) is 2.56. The van der Waals surface area contributed by atoms with Crippen molar-refractivity contribution in [2.24, 2.45) is 0 Å². The van der Waals surface area contributed by atoms with Gasteiger partial charge in [-0.25, -0.2) is 0 Å². The third-order valence-corrected chi connectivity index (χ3v) is 11.5. The summed E-state index contributed by atoms with van der Waals surface area (Å²) < 4.78 is 11.0. The molecule has 0 aliphatic heterocycles. The van der Waals surface area contributed by atoms with E-state index in [4.69, 9.17) is 0 Å². The van der Waals surface area contributed by atoms with E-state index in [1.807, 2.05) is 24.3 Å². The van der Waals surface area contributed by atoms with Crippen molar-refractivity contribution in [3.05, 3.63) is 59.7 Å². The molecule has 32 heavy (non-hydrogen) atoms. The van der Waals surface area contributed by atoms with Crippen LogP contribution in [0.1, 0.15) is 34.6 Å². The van der Waals surface area contributed by atoms with Gasteiger partial charge in [-0.1, -0.05) is 0 Å². The van der Waals surface area contributed by atoms with Crippen LogP contribution < -0.4 is 19.6 Å². The van der Waals surface area contributed by atoms with Gasteiger partial charge in [0.05, 0.1) is 0 Å². The van der Waals surface area contributed by atoms with Crippen molar-refractivity contribution >= 4 is 58.9 Å². The average molecular weight is 570 g/mol. The van der Waals surface area contributed by atoms with E-state index in [2.05, 4.69) is 20.1 Å². The first kappa shape index (κ1) is 25.6. The molecule has 0 aromatic heterocycles. The van der Waals surface area contributed by atoms with Crippen molar-refractivity contribution in [2.45, 2.75) is 25.9 Å². The standard InChI is InChI=1S/C22H24N2O6Se2/c1-13(21(27)29-3)23-19(25)15-9-5-7-11-17(15)31-32-18-12-8-6-10-16(18)20(26)24-14(2)22(28)30-4/h5-14H,1-4H3,(H,23,25)(H,24,26). The first-order valence-corrected chi connectivity index (χ1v) is 15.6. The second kappa shape index (κ2) is 12.4. The number of hydrogen-bond donors (Lipinski definition) is 2. The van der Waals surface area contributed by atoms with Crippen LogP contribution >= 0.6 is 0 Å². The molecule has 0 radical (unpaired) electrons. The molecule has 0 heterocycles. The molecule has 2 aromatic rings. The van der Waals surface area contributed by atoms with Crippen LogP contribution in [0.4, 0.5) is 0 Å². The van der Waals surface area contributed by atoms with Gasteiger partial charge in [0.2, 0.25) is 0 Å². The van der Waals surface area contributed by atoms with Gasteiger partial charge in [0, 0.05) is 0 Å². The van der Waals surface area contributed by atoms with E-state index in [-0.39, 0.29) is 38.1 Å². The third kappa shape index (κ3) is 6.93. The summed E-state index contributed by atoms with van der Waals surface area (Å²) in [7, 11) is 2.54. The minimum atomic E-state index is -0.764. The Kier molecular flexibility index (Phi) is 9.93. The molecule has 2 atom stereocenters. The van der Waals surface area contributed by atoms with E-state index >= 15 is 0 Å². The van der Waals surface area contributed by atoms with Crippen molar-refractivity contribution in [3.8, 4) is 0 Å². The number of methoxy groups -OCH3 is 2. The zero-order valence-corrected chi connectivity index (χ0v) is 21.5. The Morgan fingerprint density at radius 1 is 0.688 bits per heavy atom. The molecule has 0 aliphatic rings. The Morgan fingerprint density at radius 3 is 1.38 bits per heavy atom. The Morgan fingerprint density at radius 2 is 1.03 bits per heavy atom. The van der Waals surface area contributed by atoms with E-state index in [1.165, 1.54) is 14.2 Å². The van der Waals surface area contributed by atoms with Crippen molar-refractivity contribution in [3.63, 3.8) is 0 Å². The molecule has 0 aliphatic carbocycles. The van der Waals surface area contributed by atoms with Crippen molar-refractivity contribution in [1.82, 2.24) is 10.6 Å². The van der Waals surface area contributed by atoms with Gasteiger partial charge < -0.3 is 0 Å². The summed E-state index contributed by atoms with van der Waals surface area (Å²) in [5.41, 5.74) is 0.984. The molecule has 0 spiro atoms. The van der Waals surface area contributed by atoms with Gasteiger partial charge in [0.15, 0.2) is 0 Å². The normalized spacial score (nSPS) is 12.2. The van der Waals surface area contributed by atoms with Crippen LogP contribution in [0.5, 0.6) is 0 Å². The molecule has 2 unspecified atom stereocenters. The quantitative estimate of drug-likeness (QED) is 0.312. The third-order valence-electron chi connectivity index (χ3n) is 4.29. The monoisotopic (exact) mass is 572 g/mol. The van der Waals surface area contributed by atoms with E-state index in [1.54, 1.807) is 38.1 Å². The van der Waals surface area contributed by atoms with Crippen molar-refractivity contribution in [1.29, 1.82) is 0 Å². The first-order valence-electron chi connectivity index (χ1n) is 9.58. The molecule has 0 saturated carbocycles. The molecular formula is C22H24N2O6Se2. The zero-order chi connectivity index (χ0) is 23.7. The SMILES string of the molecule is COC(=O)C(C)NC(=O)c1ccccc1[Se][Se]c1ccccc1C(=O)NC(C)C(=O)OC. The summed E-state index contributed by atoms with van der Waals surface area (Å²) in [6, 6.07) is 12.9. The van der Waals surface area contributed by atoms with Crippen LogP contribution in [0.2, 0.25) is 0 Å². The number of rotatable bonds is 9. The molecule has 8 nitrogen and oxygen atoms in total. The van der Waals surface area contributed by atoms with Crippen LogP contribution in [0.3, 0.4) is 0 Å². The second-order valence-corrected chi connectivity index (χ2v) is 12.8. The van der Waals surface area contributed by atoms with Crippen molar-refractivity contribution in [2.75, 3.05) is 14.2 Å². The van der Waals surface area contributed by atoms with Crippen LogP contribution in [-0.2, 0) is 19.1 Å². The summed E-state index contributed by atoms with van der Waals surface area (Å²) in [4.78, 5) is 48.6. The fraction of sp³-hybridized carbons (Fsp3) is 0.273. The second-order valence-electron chi connectivity index (χ2n) is 6.60. The summed E-state index contributed by atoms with van der Waals surface area (Å²) in [6.07, 6.45) is 0. The first-order chi connectivity index (χ1) is 15.3. The molecule has 0 saturated heterocycles. The van der Waals surface area contributed by atoms with E-state index in [0.717, 1.165) is 8.92 Å². The molecule has 2 amide bonds. The molecule has 2 aromatic carbocycles. The Labute approximate surface area is 197 Å². The van der Waals surface area contributed by atoms with Crippen LogP contribution in [0.25, 0.3) is 0 Å². The summed E-state index contributed by atoms with van der Waals surface area (Å²) in [6.45, 7) is 3.12. The molecule has 2 N–H and O–H groups in total. The predicted octanol–water partition coefficient (Wildman–Crippen LogP) is -0.457. The molecule has 2 rings (SSSR count). The Balaban J connectivity index is 2.15. The number of nitrogens with one attached hydrogen (secondary N) is 2. The summed E-state index contributed by atoms with van der Waals surface area (Å²) in [5.74, 6) is -1.75. The Bertz CT molecular complexity index is 918. The number of esters is 2. The van der Waals surface area contributed by atoms with Gasteiger partial charge >= 0.3 is 198 Å². The predicted molar refractivity (Wildman–Crippen MR) is 122 cm³/mol. The van der Waals surface area contributed by atoms with Gasteiger partial charge in [-0.3, -0.25) is 0 Å². The van der Waals surface area contributed by atoms with E-state index in [0.29, 0.717) is 11.1 Å². The molecule has 10 heteroatoms. The molecule has 0 bridgehead atoms. The summed E-state index contributed by atoms with van der Waals surface area (Å²) in [5, 5.41) is 5.30. The zero-order valence-electron chi connectivity index (χ0n) is 18.0. The maximum atomic E-state index is 12.7. The van der Waals surface area contributed by atoms with Crippen LogP contribution in [0.15, 0.2) is 48.5 Å². The Hall–Kier alpha value is -2.64.